The maximum atomic E-state index is 3.69. The highest BCUT2D eigenvalue weighted by Gasteiger charge is 1.89. The maximum Gasteiger partial charge on any atom is -0.0237 e. The van der Waals surface area contributed by atoms with E-state index in [-0.39, 0.29) is 0 Å². The zero-order valence-corrected chi connectivity index (χ0v) is 16.7. The van der Waals surface area contributed by atoms with Gasteiger partial charge in [-0.05, 0) is 25.0 Å². The van der Waals surface area contributed by atoms with E-state index in [9.17, 15) is 0 Å². The summed E-state index contributed by atoms with van der Waals surface area (Å²) < 4.78 is 0. The van der Waals surface area contributed by atoms with Crippen molar-refractivity contribution in [3.8, 4) is 0 Å². The second kappa shape index (κ2) is 64.3. The van der Waals surface area contributed by atoms with Crippen molar-refractivity contribution in [2.45, 2.75) is 83.1 Å². The summed E-state index contributed by atoms with van der Waals surface area (Å²) in [7, 11) is 0. The lowest BCUT2D eigenvalue weighted by Gasteiger charge is -1.97. The molecule has 0 heteroatoms. The Hall–Kier alpha value is -1.04. The molecular formula is C20H44. The molecule has 0 fully saturated rings. The molecule has 0 aliphatic heterocycles. The van der Waals surface area contributed by atoms with Crippen LogP contribution in [0, 0.1) is 0 Å². The molecule has 20 heavy (non-hydrogen) atoms. The van der Waals surface area contributed by atoms with Gasteiger partial charge in [0.05, 0.1) is 0 Å². The lowest BCUT2D eigenvalue weighted by atomic mass is 10.1. The molecule has 0 amide bonds. The molecule has 0 nitrogen and oxygen atoms in total. The van der Waals surface area contributed by atoms with Gasteiger partial charge in [-0.1, -0.05) is 107 Å². The third-order valence-electron chi connectivity index (χ3n) is 1.41. The summed E-state index contributed by atoms with van der Waals surface area (Å²) in [4.78, 5) is 0. The predicted molar refractivity (Wildman–Crippen MR) is 105 cm³/mol. The van der Waals surface area contributed by atoms with Gasteiger partial charge in [0, 0.05) is 0 Å². The summed E-state index contributed by atoms with van der Waals surface area (Å²) in [6, 6.07) is 0. The van der Waals surface area contributed by atoms with Crippen LogP contribution in [0.2, 0.25) is 0 Å². The van der Waals surface area contributed by atoms with Crippen LogP contribution in [0.3, 0.4) is 0 Å². The lowest BCUT2D eigenvalue weighted by Crippen LogP contribution is -1.77. The minimum atomic E-state index is 1.14. The van der Waals surface area contributed by atoms with Gasteiger partial charge in [0.1, 0.15) is 0 Å². The van der Waals surface area contributed by atoms with Gasteiger partial charge in [0.15, 0.2) is 0 Å². The third kappa shape index (κ3) is 43.5. The van der Waals surface area contributed by atoms with Crippen molar-refractivity contribution < 1.29 is 0 Å². The molecule has 0 aliphatic rings. The molecule has 0 bridgehead atoms. The highest BCUT2D eigenvalue weighted by Crippen LogP contribution is 2.09. The van der Waals surface area contributed by atoms with Gasteiger partial charge < -0.3 is 0 Å². The highest BCUT2D eigenvalue weighted by atomic mass is 13.9. The third-order valence-corrected chi connectivity index (χ3v) is 1.41. The van der Waals surface area contributed by atoms with E-state index in [1.54, 1.807) is 6.08 Å². The van der Waals surface area contributed by atoms with Crippen LogP contribution in [0.4, 0.5) is 0 Å². The van der Waals surface area contributed by atoms with Gasteiger partial charge in [0.25, 0.3) is 0 Å². The molecule has 0 heterocycles. The topological polar surface area (TPSA) is 0 Å². The Morgan fingerprint density at radius 3 is 1.15 bits per heavy atom. The zero-order chi connectivity index (χ0) is 18.0. The first-order valence-electron chi connectivity index (χ1n) is 8.34. The summed E-state index contributed by atoms with van der Waals surface area (Å²) in [6.07, 6.45) is 7.60. The summed E-state index contributed by atoms with van der Waals surface area (Å²) in [5.74, 6) is 0. The fourth-order valence-electron chi connectivity index (χ4n) is 0.654. The SMILES string of the molecule is C=C/C=C(C=C)\C(C)=C/C.CC.CC.CC.CC.CC. The number of hydrogen-bond donors (Lipinski definition) is 0. The fraction of sp³-hybridized carbons (Fsp3) is 0.600. The van der Waals surface area contributed by atoms with Gasteiger partial charge in [-0.3, -0.25) is 0 Å². The molecule has 0 aliphatic carbocycles. The fourth-order valence-corrected chi connectivity index (χ4v) is 0.654. The second-order valence-electron chi connectivity index (χ2n) is 2.03. The molecule has 0 aromatic carbocycles. The second-order valence-corrected chi connectivity index (χ2v) is 2.03. The van der Waals surface area contributed by atoms with Gasteiger partial charge in [0.2, 0.25) is 0 Å². The average molecular weight is 285 g/mol. The maximum absolute atomic E-state index is 3.69. The van der Waals surface area contributed by atoms with Crippen LogP contribution in [0.1, 0.15) is 83.1 Å². The van der Waals surface area contributed by atoms with E-state index in [0.29, 0.717) is 0 Å². The minimum absolute atomic E-state index is 1.14. The van der Waals surface area contributed by atoms with Gasteiger partial charge in [-0.2, -0.15) is 0 Å². The Morgan fingerprint density at radius 1 is 0.700 bits per heavy atom. The quantitative estimate of drug-likeness (QED) is 0.456. The van der Waals surface area contributed by atoms with Crippen molar-refractivity contribution in [1.29, 1.82) is 0 Å². The van der Waals surface area contributed by atoms with E-state index in [4.69, 9.17) is 0 Å². The molecule has 0 N–H and O–H groups in total. The van der Waals surface area contributed by atoms with Gasteiger partial charge in [-0.25, -0.2) is 0 Å². The molecule has 0 unspecified atom stereocenters. The van der Waals surface area contributed by atoms with Crippen molar-refractivity contribution in [3.05, 3.63) is 48.6 Å². The minimum Gasteiger partial charge on any atom is -0.0990 e. The first-order valence-corrected chi connectivity index (χ1v) is 8.34. The van der Waals surface area contributed by atoms with Crippen LogP contribution in [-0.2, 0) is 0 Å². The van der Waals surface area contributed by atoms with E-state index in [1.807, 2.05) is 88.3 Å². The monoisotopic (exact) mass is 284 g/mol. The van der Waals surface area contributed by atoms with E-state index in [2.05, 4.69) is 26.2 Å². The first-order chi connectivity index (χ1) is 9.76. The predicted octanol–water partition coefficient (Wildman–Crippen LogP) is 8.38. The Labute approximate surface area is 132 Å². The van der Waals surface area contributed by atoms with Crippen LogP contribution in [0.15, 0.2) is 48.6 Å². The van der Waals surface area contributed by atoms with Crippen molar-refractivity contribution >= 4 is 0 Å². The molecule has 0 rings (SSSR count). The molecular weight excluding hydrogens is 240 g/mol. The highest BCUT2D eigenvalue weighted by molar-refractivity contribution is 5.38. The number of rotatable bonds is 3. The lowest BCUT2D eigenvalue weighted by molar-refractivity contribution is 1.40. The zero-order valence-electron chi connectivity index (χ0n) is 16.7. The molecule has 0 radical (unpaired) electrons. The van der Waals surface area contributed by atoms with Crippen LogP contribution < -0.4 is 0 Å². The molecule has 0 atom stereocenters. The molecule has 0 saturated heterocycles. The van der Waals surface area contributed by atoms with Crippen molar-refractivity contribution in [3.63, 3.8) is 0 Å². The van der Waals surface area contributed by atoms with E-state index in [1.165, 1.54) is 5.57 Å². The van der Waals surface area contributed by atoms with E-state index >= 15 is 0 Å². The summed E-state index contributed by atoms with van der Waals surface area (Å²) in [5.41, 5.74) is 2.37. The standard InChI is InChI=1S/C10H14.5C2H6/c1-5-8-10(7-3)9(4)6-2;5*1-2/h5-8H,1,3H2,2,4H3;5*1-2H3/b9-6-,10-8-;;;;;. The summed E-state index contributed by atoms with van der Waals surface area (Å²) in [5, 5.41) is 0. The summed E-state index contributed by atoms with van der Waals surface area (Å²) in [6.45, 7) is 31.4. The Bertz CT molecular complexity index is 180. The smallest absolute Gasteiger partial charge is 0.0237 e. The van der Waals surface area contributed by atoms with Crippen LogP contribution in [0.25, 0.3) is 0 Å². The van der Waals surface area contributed by atoms with Crippen LogP contribution in [0.5, 0.6) is 0 Å². The molecule has 0 spiro atoms. The van der Waals surface area contributed by atoms with Gasteiger partial charge >= 0.3 is 0 Å². The average Bonchev–Trinajstić information content (AvgIpc) is 2.61. The first kappa shape index (κ1) is 36.4. The van der Waals surface area contributed by atoms with E-state index < -0.39 is 0 Å². The number of allylic oxidation sites excluding steroid dienone is 6. The molecule has 0 aromatic rings. The van der Waals surface area contributed by atoms with Crippen LogP contribution >= 0.6 is 0 Å². The Balaban J connectivity index is -0.0000000412. The molecule has 0 aromatic heterocycles. The largest absolute Gasteiger partial charge is 0.0990 e. The van der Waals surface area contributed by atoms with Crippen molar-refractivity contribution in [1.82, 2.24) is 0 Å². The van der Waals surface area contributed by atoms with Gasteiger partial charge in [-0.15, -0.1) is 0 Å². The summed E-state index contributed by atoms with van der Waals surface area (Å²) >= 11 is 0. The number of hydrogen-bond acceptors (Lipinski definition) is 0. The van der Waals surface area contributed by atoms with Crippen molar-refractivity contribution in [2.75, 3.05) is 0 Å². The van der Waals surface area contributed by atoms with E-state index in [0.717, 1.165) is 5.57 Å². The molecule has 0 saturated carbocycles. The molecule has 124 valence electrons. The Morgan fingerprint density at radius 2 is 1.00 bits per heavy atom. The van der Waals surface area contributed by atoms with Crippen LogP contribution in [-0.4, -0.2) is 0 Å². The Kier molecular flexibility index (Phi) is 117. The normalized spacial score (nSPS) is 8.00. The van der Waals surface area contributed by atoms with Crippen molar-refractivity contribution in [2.24, 2.45) is 0 Å².